The third-order valence-corrected chi connectivity index (χ3v) is 6.80. The third-order valence-electron chi connectivity index (χ3n) is 6.80. The van der Waals surface area contributed by atoms with Gasteiger partial charge in [0.05, 0.1) is 38.8 Å². The Morgan fingerprint density at radius 3 is 2.85 bits per heavy atom. The van der Waals surface area contributed by atoms with Crippen LogP contribution < -0.4 is 10.1 Å². The molecule has 10 nitrogen and oxygen atoms in total. The minimum absolute atomic E-state index is 0.0976. The Balaban J connectivity index is 1.26. The summed E-state index contributed by atoms with van der Waals surface area (Å²) in [7, 11) is 1.44. The van der Waals surface area contributed by atoms with Crippen LogP contribution in [0.25, 0.3) is 11.3 Å². The molecule has 3 fully saturated rings. The van der Waals surface area contributed by atoms with E-state index in [1.54, 1.807) is 0 Å². The Morgan fingerprint density at radius 2 is 2.18 bits per heavy atom. The highest BCUT2D eigenvalue weighted by Crippen LogP contribution is 2.50. The van der Waals surface area contributed by atoms with Crippen LogP contribution in [-0.4, -0.2) is 81.6 Å². The van der Waals surface area contributed by atoms with Crippen molar-refractivity contribution in [3.63, 3.8) is 0 Å². The molecule has 1 unspecified atom stereocenters. The zero-order valence-corrected chi connectivity index (χ0v) is 18.3. The Bertz CT molecular complexity index is 1080. The first kappa shape index (κ1) is 21.8. The number of carbonyl (C=O) groups excluding carboxylic acids is 2. The molecule has 0 bridgehead atoms. The topological polar surface area (TPSA) is 130 Å². The van der Waals surface area contributed by atoms with Gasteiger partial charge in [-0.15, -0.1) is 0 Å². The van der Waals surface area contributed by atoms with Crippen molar-refractivity contribution in [2.75, 3.05) is 33.4 Å². The molecule has 4 heterocycles. The molecule has 0 aromatic carbocycles. The average Bonchev–Trinajstić information content (AvgIpc) is 3.37. The fraction of sp³-hybridized carbons (Fsp3) is 0.545. The molecule has 1 spiro atoms. The molecule has 2 saturated heterocycles. The van der Waals surface area contributed by atoms with Crippen LogP contribution in [0, 0.1) is 11.7 Å². The molecule has 2 aromatic rings. The van der Waals surface area contributed by atoms with Gasteiger partial charge in [0.25, 0.3) is 5.91 Å². The number of halogens is 1. The lowest BCUT2D eigenvalue weighted by Crippen LogP contribution is -2.58. The predicted molar refractivity (Wildman–Crippen MR) is 113 cm³/mol. The van der Waals surface area contributed by atoms with Gasteiger partial charge in [-0.25, -0.2) is 9.37 Å². The van der Waals surface area contributed by atoms with Crippen molar-refractivity contribution in [1.82, 2.24) is 25.4 Å². The SMILES string of the molecule is COc1cc(-c2cc(C(=O)N3CCC(C(=O)NCC4(O)COC4)CC34CC4)[nH]n2)c(F)cn1. The number of H-pyrrole nitrogens is 1. The van der Waals surface area contributed by atoms with Crippen LogP contribution in [-0.2, 0) is 9.53 Å². The van der Waals surface area contributed by atoms with E-state index in [0.29, 0.717) is 19.4 Å². The minimum atomic E-state index is -0.972. The molecule has 5 rings (SSSR count). The molecule has 2 amide bonds. The number of amides is 2. The van der Waals surface area contributed by atoms with Crippen molar-refractivity contribution in [3.05, 3.63) is 29.8 Å². The van der Waals surface area contributed by atoms with E-state index in [4.69, 9.17) is 9.47 Å². The van der Waals surface area contributed by atoms with E-state index < -0.39 is 11.4 Å². The molecular formula is C22H26FN5O5. The fourth-order valence-corrected chi connectivity index (χ4v) is 4.63. The van der Waals surface area contributed by atoms with Gasteiger partial charge >= 0.3 is 0 Å². The zero-order valence-electron chi connectivity index (χ0n) is 18.3. The second-order valence-electron chi connectivity index (χ2n) is 9.18. The summed E-state index contributed by atoms with van der Waals surface area (Å²) in [5.74, 6) is -0.842. The van der Waals surface area contributed by atoms with Gasteiger partial charge in [0.1, 0.15) is 11.3 Å². The largest absolute Gasteiger partial charge is 0.481 e. The summed E-state index contributed by atoms with van der Waals surface area (Å²) in [5.41, 5.74) is -0.577. The first-order valence-electron chi connectivity index (χ1n) is 11.0. The number of hydrogen-bond acceptors (Lipinski definition) is 7. The number of carbonyl (C=O) groups is 2. The maximum atomic E-state index is 14.2. The Kier molecular flexibility index (Phi) is 5.32. The highest BCUT2D eigenvalue weighted by atomic mass is 19.1. The molecule has 11 heteroatoms. The number of aromatic amines is 1. The highest BCUT2D eigenvalue weighted by Gasteiger charge is 2.54. The van der Waals surface area contributed by atoms with E-state index in [1.165, 1.54) is 19.2 Å². The maximum Gasteiger partial charge on any atom is 0.272 e. The first-order valence-corrected chi connectivity index (χ1v) is 11.0. The second-order valence-corrected chi connectivity index (χ2v) is 9.18. The summed E-state index contributed by atoms with van der Waals surface area (Å²) in [4.78, 5) is 31.6. The highest BCUT2D eigenvalue weighted by molar-refractivity contribution is 5.94. The van der Waals surface area contributed by atoms with Crippen molar-refractivity contribution in [1.29, 1.82) is 0 Å². The minimum Gasteiger partial charge on any atom is -0.481 e. The standard InChI is InChI=1S/C22H26FN5O5/c1-32-18-6-14(15(23)9-24-18)16-7-17(27-26-16)20(30)28-5-2-13(8-21(28)3-4-21)19(29)25-10-22(31)11-33-12-22/h6-7,9,13,31H,2-5,8,10-12H2,1H3,(H,25,29)(H,26,27). The van der Waals surface area contributed by atoms with Gasteiger partial charge in [0.2, 0.25) is 11.8 Å². The van der Waals surface area contributed by atoms with Gasteiger partial charge in [-0.3, -0.25) is 14.7 Å². The van der Waals surface area contributed by atoms with Gasteiger partial charge < -0.3 is 24.8 Å². The molecule has 3 aliphatic rings. The Labute approximate surface area is 189 Å². The molecule has 0 radical (unpaired) electrons. The van der Waals surface area contributed by atoms with E-state index in [2.05, 4.69) is 20.5 Å². The maximum absolute atomic E-state index is 14.2. The van der Waals surface area contributed by atoms with Gasteiger partial charge in [-0.05, 0) is 31.7 Å². The van der Waals surface area contributed by atoms with Crippen LogP contribution in [0.5, 0.6) is 5.88 Å². The van der Waals surface area contributed by atoms with Crippen LogP contribution in [0.1, 0.15) is 36.2 Å². The van der Waals surface area contributed by atoms with Crippen LogP contribution in [0.4, 0.5) is 4.39 Å². The Morgan fingerprint density at radius 1 is 1.39 bits per heavy atom. The number of methoxy groups -OCH3 is 1. The van der Waals surface area contributed by atoms with E-state index in [9.17, 15) is 19.1 Å². The van der Waals surface area contributed by atoms with Gasteiger partial charge in [0.15, 0.2) is 5.82 Å². The number of rotatable bonds is 6. The first-order chi connectivity index (χ1) is 15.8. The quantitative estimate of drug-likeness (QED) is 0.585. The molecule has 1 atom stereocenters. The average molecular weight is 459 g/mol. The number of ether oxygens (including phenoxy) is 2. The molecular weight excluding hydrogens is 433 g/mol. The van der Waals surface area contributed by atoms with E-state index in [-0.39, 0.29) is 65.9 Å². The van der Waals surface area contributed by atoms with E-state index in [1.807, 2.05) is 4.90 Å². The molecule has 2 aromatic heterocycles. The zero-order chi connectivity index (χ0) is 23.2. The molecule has 176 valence electrons. The summed E-state index contributed by atoms with van der Waals surface area (Å²) in [5, 5.41) is 19.8. The van der Waals surface area contributed by atoms with Crippen LogP contribution >= 0.6 is 0 Å². The van der Waals surface area contributed by atoms with E-state index in [0.717, 1.165) is 19.0 Å². The molecule has 3 N–H and O–H groups in total. The number of pyridine rings is 1. The van der Waals surface area contributed by atoms with Gasteiger partial charge in [0, 0.05) is 29.6 Å². The monoisotopic (exact) mass is 459 g/mol. The van der Waals surface area contributed by atoms with Crippen LogP contribution in [0.2, 0.25) is 0 Å². The van der Waals surface area contributed by atoms with E-state index >= 15 is 0 Å². The smallest absolute Gasteiger partial charge is 0.272 e. The summed E-state index contributed by atoms with van der Waals surface area (Å²) in [6.07, 6.45) is 3.83. The summed E-state index contributed by atoms with van der Waals surface area (Å²) in [6, 6.07) is 2.95. The normalized spacial score (nSPS) is 22.5. The van der Waals surface area contributed by atoms with Crippen LogP contribution in [0.15, 0.2) is 18.3 Å². The number of aromatic nitrogens is 3. The van der Waals surface area contributed by atoms with Crippen molar-refractivity contribution in [3.8, 4) is 17.1 Å². The molecule has 33 heavy (non-hydrogen) atoms. The van der Waals surface area contributed by atoms with Crippen molar-refractivity contribution < 1.29 is 28.6 Å². The number of hydrogen-bond donors (Lipinski definition) is 3. The molecule has 2 aliphatic heterocycles. The lowest BCUT2D eigenvalue weighted by Gasteiger charge is -2.40. The van der Waals surface area contributed by atoms with Crippen LogP contribution in [0.3, 0.4) is 0 Å². The number of nitrogens with zero attached hydrogens (tertiary/aromatic N) is 3. The third kappa shape index (κ3) is 4.06. The molecule has 1 saturated carbocycles. The van der Waals surface area contributed by atoms with Crippen molar-refractivity contribution in [2.24, 2.45) is 5.92 Å². The fourth-order valence-electron chi connectivity index (χ4n) is 4.63. The van der Waals surface area contributed by atoms with Gasteiger partial charge in [-0.2, -0.15) is 5.10 Å². The summed E-state index contributed by atoms with van der Waals surface area (Å²) < 4.78 is 24.3. The Hall–Kier alpha value is -3.05. The number of likely N-dealkylation sites (tertiary alicyclic amines) is 1. The van der Waals surface area contributed by atoms with Gasteiger partial charge in [-0.1, -0.05) is 0 Å². The number of piperidine rings is 1. The number of aliphatic hydroxyl groups is 1. The number of nitrogens with one attached hydrogen (secondary N) is 2. The lowest BCUT2D eigenvalue weighted by molar-refractivity contribution is -0.176. The van der Waals surface area contributed by atoms with Crippen molar-refractivity contribution >= 4 is 11.8 Å². The summed E-state index contributed by atoms with van der Waals surface area (Å²) in [6.45, 7) is 1.07. The lowest BCUT2D eigenvalue weighted by atomic mass is 9.87. The predicted octanol–water partition coefficient (Wildman–Crippen LogP) is 0.882. The summed E-state index contributed by atoms with van der Waals surface area (Å²) >= 11 is 0. The van der Waals surface area contributed by atoms with Crippen molar-refractivity contribution in [2.45, 2.75) is 36.8 Å². The second kappa shape index (κ2) is 8.07. The molecule has 1 aliphatic carbocycles.